The number of nitrogens with one attached hydrogen (secondary N) is 1. The second-order valence-electron chi connectivity index (χ2n) is 8.18. The van der Waals surface area contributed by atoms with E-state index in [1.165, 1.54) is 18.5 Å². The van der Waals surface area contributed by atoms with E-state index >= 15 is 0 Å². The predicted molar refractivity (Wildman–Crippen MR) is 105 cm³/mol. The molecule has 1 amide bonds. The van der Waals surface area contributed by atoms with Crippen molar-refractivity contribution in [2.75, 3.05) is 0 Å². The topological polar surface area (TPSA) is 88.8 Å². The van der Waals surface area contributed by atoms with Crippen LogP contribution in [0.3, 0.4) is 0 Å². The normalized spacial score (nSPS) is 21.6. The highest BCUT2D eigenvalue weighted by molar-refractivity contribution is 6.03. The Morgan fingerprint density at radius 1 is 0.967 bits per heavy atom. The summed E-state index contributed by atoms with van der Waals surface area (Å²) in [6.07, 6.45) is 4.80. The Bertz CT molecular complexity index is 909. The van der Waals surface area contributed by atoms with Crippen molar-refractivity contribution in [2.24, 2.45) is 17.6 Å². The van der Waals surface area contributed by atoms with Gasteiger partial charge in [-0.05, 0) is 43.6 Å². The van der Waals surface area contributed by atoms with Crippen LogP contribution in [0.4, 0.5) is 17.6 Å². The van der Waals surface area contributed by atoms with Crippen LogP contribution in [0.2, 0.25) is 0 Å². The number of nitrogens with zero attached hydrogens (tertiary/aromatic N) is 1. The Kier molecular flexibility index (Phi) is 6.47. The van der Waals surface area contributed by atoms with Gasteiger partial charge in [0, 0.05) is 44.1 Å². The van der Waals surface area contributed by atoms with E-state index in [1.54, 1.807) is 6.07 Å². The molecule has 2 aliphatic carbocycles. The highest BCUT2D eigenvalue weighted by Crippen LogP contribution is 2.46. The zero-order valence-electron chi connectivity index (χ0n) is 16.5. The fraction of sp³-hybridized carbons (Fsp3) is 0.571. The summed E-state index contributed by atoms with van der Waals surface area (Å²) in [4.78, 5) is 29.0. The number of fused-ring (bicyclic) bond motifs is 1. The van der Waals surface area contributed by atoms with Gasteiger partial charge in [0.2, 0.25) is 11.8 Å². The second-order valence-corrected chi connectivity index (χ2v) is 8.18. The first-order valence-electron chi connectivity index (χ1n) is 10.1. The maximum Gasteiger partial charge on any atom is 0.268 e. The van der Waals surface area contributed by atoms with E-state index in [4.69, 9.17) is 5.73 Å². The number of nitrogens with two attached hydrogens (primary N) is 1. The van der Waals surface area contributed by atoms with Crippen molar-refractivity contribution in [1.82, 2.24) is 9.97 Å². The minimum atomic E-state index is -2.50. The molecule has 2 aromatic rings. The first kappa shape index (κ1) is 22.2. The van der Waals surface area contributed by atoms with Crippen LogP contribution >= 0.6 is 0 Å². The van der Waals surface area contributed by atoms with Gasteiger partial charge in [-0.1, -0.05) is 0 Å². The lowest BCUT2D eigenvalue weighted by Crippen LogP contribution is -2.33. The zero-order valence-corrected chi connectivity index (χ0v) is 16.5. The van der Waals surface area contributed by atoms with Crippen LogP contribution in [0.15, 0.2) is 29.3 Å². The Labute approximate surface area is 171 Å². The summed E-state index contributed by atoms with van der Waals surface area (Å²) >= 11 is 0. The fourth-order valence-corrected chi connectivity index (χ4v) is 4.38. The van der Waals surface area contributed by atoms with Gasteiger partial charge < -0.3 is 10.7 Å². The van der Waals surface area contributed by atoms with Crippen LogP contribution in [-0.4, -0.2) is 27.7 Å². The van der Waals surface area contributed by atoms with Crippen LogP contribution in [0.25, 0.3) is 10.9 Å². The number of pyridine rings is 2. The molecule has 164 valence electrons. The second kappa shape index (κ2) is 8.73. The van der Waals surface area contributed by atoms with E-state index in [-0.39, 0.29) is 54.0 Å². The van der Waals surface area contributed by atoms with Crippen LogP contribution < -0.4 is 11.2 Å². The zero-order chi connectivity index (χ0) is 21.9. The van der Waals surface area contributed by atoms with Crippen molar-refractivity contribution >= 4 is 16.8 Å². The maximum absolute atomic E-state index is 12.9. The third-order valence-electron chi connectivity index (χ3n) is 6.09. The van der Waals surface area contributed by atoms with Gasteiger partial charge in [0.15, 0.2) is 5.43 Å². The van der Waals surface area contributed by atoms with Gasteiger partial charge in [-0.2, -0.15) is 0 Å². The van der Waals surface area contributed by atoms with Crippen molar-refractivity contribution in [1.29, 1.82) is 0 Å². The number of carbonyl (C=O) groups is 1. The van der Waals surface area contributed by atoms with Gasteiger partial charge in [-0.3, -0.25) is 14.6 Å². The number of aromatic amines is 1. The molecule has 0 unspecified atom stereocenters. The molecule has 2 aliphatic rings. The summed E-state index contributed by atoms with van der Waals surface area (Å²) in [6, 6.07) is 2.94. The summed E-state index contributed by atoms with van der Waals surface area (Å²) in [6.45, 7) is 0. The first-order chi connectivity index (χ1) is 14.1. The number of aromatic nitrogens is 2. The molecule has 0 saturated heterocycles. The van der Waals surface area contributed by atoms with Crippen LogP contribution in [0.1, 0.15) is 61.9 Å². The van der Waals surface area contributed by atoms with Crippen LogP contribution in [0, 0.1) is 11.8 Å². The van der Waals surface area contributed by atoms with Crippen molar-refractivity contribution in [3.05, 3.63) is 40.4 Å². The van der Waals surface area contributed by atoms with Crippen LogP contribution in [-0.2, 0) is 0 Å². The fourth-order valence-electron chi connectivity index (χ4n) is 4.38. The molecule has 0 atom stereocenters. The molecule has 0 aliphatic heterocycles. The standard InChI is InChI=1S/C12H18F4.C9H7N3O2/c13-11(14)5-1-9(2-6-11)10-3-7-12(15,16)8-4-10;10-9(14)8-7-5(1-3-12-8)11-4-2-6(7)13/h9-10H,1-8H2;1-4H,(H2,10,14)(H,11,13). The minimum absolute atomic E-state index is 0.00403. The Hall–Kier alpha value is -2.45. The van der Waals surface area contributed by atoms with E-state index in [9.17, 15) is 27.2 Å². The number of carbonyl (C=O) groups excluding carboxylic acids is 1. The van der Waals surface area contributed by atoms with E-state index in [0.717, 1.165) is 0 Å². The summed E-state index contributed by atoms with van der Waals surface area (Å²) < 4.78 is 51.8. The first-order valence-corrected chi connectivity index (χ1v) is 10.1. The number of halogens is 4. The van der Waals surface area contributed by atoms with E-state index in [0.29, 0.717) is 31.2 Å². The lowest BCUT2D eigenvalue weighted by atomic mass is 9.72. The Morgan fingerprint density at radius 2 is 1.47 bits per heavy atom. The predicted octanol–water partition coefficient (Wildman–Crippen LogP) is 4.66. The molecule has 30 heavy (non-hydrogen) atoms. The molecule has 2 fully saturated rings. The SMILES string of the molecule is FC1(F)CCC(C2CCC(F)(F)CC2)CC1.NC(=O)c1nccc2[nH]ccc(=O)c12. The average Bonchev–Trinajstić information content (AvgIpc) is 2.69. The minimum Gasteiger partial charge on any atom is -0.364 e. The molecular weight excluding hydrogens is 402 g/mol. The molecule has 0 bridgehead atoms. The van der Waals surface area contributed by atoms with E-state index in [1.807, 2.05) is 0 Å². The van der Waals surface area contributed by atoms with Crippen molar-refractivity contribution in [3.8, 4) is 0 Å². The summed E-state index contributed by atoms with van der Waals surface area (Å²) in [5, 5.41) is 0.238. The lowest BCUT2D eigenvalue weighted by Gasteiger charge is -2.37. The number of H-pyrrole nitrogens is 1. The third-order valence-corrected chi connectivity index (χ3v) is 6.09. The molecule has 4 rings (SSSR count). The van der Waals surface area contributed by atoms with Gasteiger partial charge in [0.25, 0.3) is 5.91 Å². The molecule has 9 heteroatoms. The molecule has 0 aromatic carbocycles. The Morgan fingerprint density at radius 3 is 1.93 bits per heavy atom. The highest BCUT2D eigenvalue weighted by atomic mass is 19.3. The maximum atomic E-state index is 12.9. The third kappa shape index (κ3) is 5.37. The molecule has 2 aromatic heterocycles. The van der Waals surface area contributed by atoms with Gasteiger partial charge >= 0.3 is 0 Å². The van der Waals surface area contributed by atoms with Crippen molar-refractivity contribution in [2.45, 2.75) is 63.2 Å². The number of hydrogen-bond donors (Lipinski definition) is 2. The summed E-state index contributed by atoms with van der Waals surface area (Å²) in [5.74, 6) is -5.19. The molecule has 2 saturated carbocycles. The smallest absolute Gasteiger partial charge is 0.268 e. The van der Waals surface area contributed by atoms with E-state index < -0.39 is 17.8 Å². The van der Waals surface area contributed by atoms with Crippen LogP contribution in [0.5, 0.6) is 0 Å². The number of alkyl halides is 4. The Balaban J connectivity index is 0.000000172. The van der Waals surface area contributed by atoms with Crippen molar-refractivity contribution in [3.63, 3.8) is 0 Å². The average molecular weight is 427 g/mol. The van der Waals surface area contributed by atoms with Crippen molar-refractivity contribution < 1.29 is 22.4 Å². The number of primary amides is 1. The molecule has 5 nitrogen and oxygen atoms in total. The number of amides is 1. The number of hydrogen-bond acceptors (Lipinski definition) is 3. The molecule has 3 N–H and O–H groups in total. The molecule has 0 spiro atoms. The van der Waals surface area contributed by atoms with Gasteiger partial charge in [0.05, 0.1) is 10.9 Å². The van der Waals surface area contributed by atoms with Gasteiger partial charge in [-0.15, -0.1) is 0 Å². The monoisotopic (exact) mass is 427 g/mol. The van der Waals surface area contributed by atoms with Gasteiger partial charge in [0.1, 0.15) is 5.69 Å². The molecule has 0 radical (unpaired) electrons. The summed E-state index contributed by atoms with van der Waals surface area (Å²) in [5.41, 5.74) is 5.39. The summed E-state index contributed by atoms with van der Waals surface area (Å²) in [7, 11) is 0. The van der Waals surface area contributed by atoms with Gasteiger partial charge in [-0.25, -0.2) is 17.6 Å². The lowest BCUT2D eigenvalue weighted by molar-refractivity contribution is -0.0762. The molecular formula is C21H25F4N3O2. The quantitative estimate of drug-likeness (QED) is 0.683. The van der Waals surface area contributed by atoms with E-state index in [2.05, 4.69) is 9.97 Å². The molecule has 2 heterocycles. The largest absolute Gasteiger partial charge is 0.364 e. The highest BCUT2D eigenvalue weighted by Gasteiger charge is 2.41. The number of rotatable bonds is 2.